The predicted octanol–water partition coefficient (Wildman–Crippen LogP) is 3.38. The number of thioether (sulfide) groups is 1. The number of anilines is 1. The molecule has 35 heavy (non-hydrogen) atoms. The van der Waals surface area contributed by atoms with Crippen molar-refractivity contribution in [3.8, 4) is 11.8 Å². The Morgan fingerprint density at radius 2 is 1.89 bits per heavy atom. The molecule has 0 bridgehead atoms. The molecule has 10 heteroatoms. The number of benzene rings is 1. The summed E-state index contributed by atoms with van der Waals surface area (Å²) in [5.41, 5.74) is 2.23. The number of nitrogens with zero attached hydrogens (tertiary/aromatic N) is 3. The molecule has 1 saturated carbocycles. The van der Waals surface area contributed by atoms with Gasteiger partial charge in [-0.3, -0.25) is 19.9 Å². The lowest BCUT2D eigenvalue weighted by atomic mass is 9.91. The summed E-state index contributed by atoms with van der Waals surface area (Å²) in [7, 11) is 0. The Morgan fingerprint density at radius 3 is 2.69 bits per heavy atom. The van der Waals surface area contributed by atoms with Crippen LogP contribution in [0, 0.1) is 17.7 Å². The van der Waals surface area contributed by atoms with Crippen LogP contribution < -0.4 is 16.0 Å². The molecule has 0 spiro atoms. The first-order chi connectivity index (χ1) is 17.0. The van der Waals surface area contributed by atoms with Crippen molar-refractivity contribution in [3.05, 3.63) is 59.8 Å². The molecule has 2 aromatic heterocycles. The number of fused-ring (bicyclic) bond motifs is 1. The maximum atomic E-state index is 13.4. The standard InChI is InChI=1S/C25H23FN6O2S/c26-16-2-9-21-15(13-16)1-3-20(29-21)14-28-17-4-6-18(7-5-17)30-24-27-12-11-19(31-24)8-10-22-23(33)32-25(34)35-22/h1-3,9,11-13,17-18,22,28H,4-7,14H2,(H,27,30,31)(H,32,33,34). The molecule has 5 rings (SSSR count). The van der Waals surface area contributed by atoms with Crippen molar-refractivity contribution in [3.63, 3.8) is 0 Å². The van der Waals surface area contributed by atoms with Crippen molar-refractivity contribution in [2.24, 2.45) is 0 Å². The summed E-state index contributed by atoms with van der Waals surface area (Å²) in [6.07, 6.45) is 5.60. The number of carbonyl (C=O) groups is 2. The monoisotopic (exact) mass is 490 g/mol. The molecular weight excluding hydrogens is 467 g/mol. The predicted molar refractivity (Wildman–Crippen MR) is 132 cm³/mol. The zero-order valence-corrected chi connectivity index (χ0v) is 19.6. The largest absolute Gasteiger partial charge is 0.351 e. The SMILES string of the molecule is O=C1NC(=O)C(C#Cc2ccnc(NC3CCC(NCc4ccc5cc(F)ccc5n4)CC3)n2)S1. The Bertz CT molecular complexity index is 1330. The summed E-state index contributed by atoms with van der Waals surface area (Å²) in [4.78, 5) is 36.2. The maximum absolute atomic E-state index is 13.4. The Kier molecular flexibility index (Phi) is 6.88. The van der Waals surface area contributed by atoms with Gasteiger partial charge in [0.2, 0.25) is 5.95 Å². The minimum Gasteiger partial charge on any atom is -0.351 e. The zero-order valence-electron chi connectivity index (χ0n) is 18.8. The third kappa shape index (κ3) is 5.93. The molecule has 3 heterocycles. The van der Waals surface area contributed by atoms with E-state index in [1.807, 2.05) is 12.1 Å². The molecule has 178 valence electrons. The first kappa shape index (κ1) is 23.2. The fourth-order valence-electron chi connectivity index (χ4n) is 4.20. The molecule has 2 fully saturated rings. The minimum atomic E-state index is -0.704. The summed E-state index contributed by atoms with van der Waals surface area (Å²) in [5, 5.41) is 8.90. The van der Waals surface area contributed by atoms with Crippen molar-refractivity contribution < 1.29 is 14.0 Å². The molecule has 2 amide bonds. The fraction of sp³-hybridized carbons (Fsp3) is 0.320. The second-order valence-corrected chi connectivity index (χ2v) is 9.60. The molecule has 3 N–H and O–H groups in total. The van der Waals surface area contributed by atoms with Gasteiger partial charge >= 0.3 is 0 Å². The number of halogens is 1. The third-order valence-corrected chi connectivity index (χ3v) is 6.90. The lowest BCUT2D eigenvalue weighted by Gasteiger charge is -2.29. The van der Waals surface area contributed by atoms with Crippen molar-refractivity contribution in [1.29, 1.82) is 0 Å². The van der Waals surface area contributed by atoms with Crippen LogP contribution >= 0.6 is 11.8 Å². The highest BCUT2D eigenvalue weighted by molar-refractivity contribution is 8.15. The number of imide groups is 1. The highest BCUT2D eigenvalue weighted by atomic mass is 32.2. The van der Waals surface area contributed by atoms with E-state index >= 15 is 0 Å². The van der Waals surface area contributed by atoms with E-state index in [0.29, 0.717) is 24.2 Å². The first-order valence-corrected chi connectivity index (χ1v) is 12.3. The van der Waals surface area contributed by atoms with Gasteiger partial charge in [0.25, 0.3) is 11.1 Å². The quantitative estimate of drug-likeness (QED) is 0.467. The van der Waals surface area contributed by atoms with Gasteiger partial charge in [-0.05, 0) is 73.7 Å². The Labute approximate surface area is 205 Å². The molecule has 1 saturated heterocycles. The molecule has 8 nitrogen and oxygen atoms in total. The van der Waals surface area contributed by atoms with Gasteiger partial charge in [0.05, 0.1) is 11.2 Å². The van der Waals surface area contributed by atoms with E-state index in [9.17, 15) is 14.0 Å². The molecule has 1 aliphatic heterocycles. The van der Waals surface area contributed by atoms with E-state index in [1.54, 1.807) is 18.3 Å². The number of aromatic nitrogens is 3. The van der Waals surface area contributed by atoms with E-state index in [2.05, 4.69) is 42.7 Å². The second kappa shape index (κ2) is 10.4. The normalized spacial score (nSPS) is 21.9. The average molecular weight is 491 g/mol. The Morgan fingerprint density at radius 1 is 1.06 bits per heavy atom. The van der Waals surface area contributed by atoms with Crippen LogP contribution in [0.2, 0.25) is 0 Å². The van der Waals surface area contributed by atoms with E-state index in [-0.39, 0.29) is 17.1 Å². The average Bonchev–Trinajstić information content (AvgIpc) is 3.19. The van der Waals surface area contributed by atoms with Crippen LogP contribution in [0.3, 0.4) is 0 Å². The molecule has 1 aromatic carbocycles. The van der Waals surface area contributed by atoms with Crippen LogP contribution in [-0.4, -0.2) is 43.4 Å². The molecule has 1 atom stereocenters. The summed E-state index contributed by atoms with van der Waals surface area (Å²) < 4.78 is 13.4. The third-order valence-electron chi connectivity index (χ3n) is 6.02. The molecule has 1 unspecified atom stereocenters. The van der Waals surface area contributed by atoms with Crippen molar-refractivity contribution in [2.75, 3.05) is 5.32 Å². The van der Waals surface area contributed by atoms with Gasteiger partial charge in [-0.2, -0.15) is 0 Å². The highest BCUT2D eigenvalue weighted by Gasteiger charge is 2.29. The number of nitrogens with one attached hydrogen (secondary N) is 3. The number of amides is 2. The van der Waals surface area contributed by atoms with Crippen molar-refractivity contribution >= 4 is 39.8 Å². The van der Waals surface area contributed by atoms with Crippen molar-refractivity contribution in [2.45, 2.75) is 49.6 Å². The summed E-state index contributed by atoms with van der Waals surface area (Å²) >= 11 is 0.873. The molecular formula is C25H23FN6O2S. The summed E-state index contributed by atoms with van der Waals surface area (Å²) in [6.45, 7) is 0.669. The Hall–Kier alpha value is -3.55. The van der Waals surface area contributed by atoms with E-state index in [0.717, 1.165) is 54.0 Å². The van der Waals surface area contributed by atoms with Gasteiger partial charge < -0.3 is 10.6 Å². The van der Waals surface area contributed by atoms with E-state index in [1.165, 1.54) is 12.1 Å². The number of hydrogen-bond acceptors (Lipinski definition) is 8. The minimum absolute atomic E-state index is 0.254. The second-order valence-electron chi connectivity index (χ2n) is 8.52. The van der Waals surface area contributed by atoms with Crippen LogP contribution in [0.1, 0.15) is 37.1 Å². The highest BCUT2D eigenvalue weighted by Crippen LogP contribution is 2.22. The maximum Gasteiger partial charge on any atom is 0.287 e. The van der Waals surface area contributed by atoms with Crippen LogP contribution in [0.4, 0.5) is 15.1 Å². The Balaban J connectivity index is 1.10. The zero-order chi connectivity index (χ0) is 24.2. The lowest BCUT2D eigenvalue weighted by Crippen LogP contribution is -2.37. The topological polar surface area (TPSA) is 109 Å². The first-order valence-electron chi connectivity index (χ1n) is 11.4. The van der Waals surface area contributed by atoms with Gasteiger partial charge in [-0.1, -0.05) is 12.0 Å². The van der Waals surface area contributed by atoms with Crippen LogP contribution in [0.25, 0.3) is 10.9 Å². The summed E-state index contributed by atoms with van der Waals surface area (Å²) in [6, 6.07) is 10.8. The number of pyridine rings is 1. The van der Waals surface area contributed by atoms with E-state index < -0.39 is 11.2 Å². The number of carbonyl (C=O) groups excluding carboxylic acids is 2. The van der Waals surface area contributed by atoms with Crippen LogP contribution in [0.15, 0.2) is 42.6 Å². The van der Waals surface area contributed by atoms with Crippen LogP contribution in [0.5, 0.6) is 0 Å². The smallest absolute Gasteiger partial charge is 0.287 e. The van der Waals surface area contributed by atoms with Gasteiger partial charge in [0, 0.05) is 30.2 Å². The van der Waals surface area contributed by atoms with Crippen molar-refractivity contribution in [1.82, 2.24) is 25.6 Å². The van der Waals surface area contributed by atoms with Gasteiger partial charge in [-0.15, -0.1) is 0 Å². The van der Waals surface area contributed by atoms with Crippen LogP contribution in [-0.2, 0) is 11.3 Å². The summed E-state index contributed by atoms with van der Waals surface area (Å²) in [5.74, 6) is 5.50. The molecule has 0 radical (unpaired) electrons. The van der Waals surface area contributed by atoms with Gasteiger partial charge in [-0.25, -0.2) is 14.4 Å². The van der Waals surface area contributed by atoms with Gasteiger partial charge in [0.1, 0.15) is 11.5 Å². The van der Waals surface area contributed by atoms with Gasteiger partial charge in [0.15, 0.2) is 5.25 Å². The number of hydrogen-bond donors (Lipinski definition) is 3. The molecule has 3 aromatic rings. The fourth-order valence-corrected chi connectivity index (χ4v) is 4.86. The number of rotatable bonds is 5. The molecule has 2 aliphatic rings. The van der Waals surface area contributed by atoms with E-state index in [4.69, 9.17) is 0 Å². The lowest BCUT2D eigenvalue weighted by molar-refractivity contribution is -0.118. The molecule has 1 aliphatic carbocycles.